The van der Waals surface area contributed by atoms with Crippen LogP contribution in [0.2, 0.25) is 0 Å². The number of sulfonamides is 1. The lowest BCUT2D eigenvalue weighted by Crippen LogP contribution is -2.27. The van der Waals surface area contributed by atoms with Crippen molar-refractivity contribution in [1.82, 2.24) is 24.2 Å². The number of aromatic nitrogens is 3. The molecule has 164 valence electrons. The van der Waals surface area contributed by atoms with Crippen LogP contribution in [0.15, 0.2) is 42.6 Å². The number of amides is 1. The van der Waals surface area contributed by atoms with Gasteiger partial charge in [0.1, 0.15) is 11.6 Å². The highest BCUT2D eigenvalue weighted by Crippen LogP contribution is 2.27. The van der Waals surface area contributed by atoms with Crippen molar-refractivity contribution in [2.75, 3.05) is 33.0 Å². The van der Waals surface area contributed by atoms with Crippen molar-refractivity contribution in [3.8, 4) is 5.75 Å². The summed E-state index contributed by atoms with van der Waals surface area (Å²) in [5.41, 5.74) is 2.20. The van der Waals surface area contributed by atoms with Crippen molar-refractivity contribution < 1.29 is 17.9 Å². The van der Waals surface area contributed by atoms with Gasteiger partial charge in [0.15, 0.2) is 5.65 Å². The molecule has 9 nitrogen and oxygen atoms in total. The van der Waals surface area contributed by atoms with E-state index in [0.29, 0.717) is 49.5 Å². The molecule has 1 saturated heterocycles. The van der Waals surface area contributed by atoms with Crippen molar-refractivity contribution in [3.05, 3.63) is 59.5 Å². The maximum atomic E-state index is 12.7. The Morgan fingerprint density at radius 3 is 2.84 bits per heavy atom. The Balaban J connectivity index is 1.45. The van der Waals surface area contributed by atoms with E-state index in [1.54, 1.807) is 29.8 Å². The molecule has 0 aliphatic carbocycles. The number of ether oxygens (including phenoxy) is 1. The second-order valence-corrected chi connectivity index (χ2v) is 9.65. The minimum atomic E-state index is -3.24. The predicted molar refractivity (Wildman–Crippen MR) is 116 cm³/mol. The largest absolute Gasteiger partial charge is 0.497 e. The minimum Gasteiger partial charge on any atom is -0.497 e. The van der Waals surface area contributed by atoms with E-state index in [1.165, 1.54) is 10.6 Å². The SMILES string of the molecule is COc1cccc(CCNC(=O)c2ccc3nnc(C4CCN(S(C)(=O)=O)C4)n3c2)c1. The molecular formula is C21H25N5O4S. The fourth-order valence-corrected chi connectivity index (χ4v) is 4.70. The minimum absolute atomic E-state index is 0.0592. The molecule has 10 heteroatoms. The number of hydrogen-bond donors (Lipinski definition) is 1. The molecule has 0 spiro atoms. The average Bonchev–Trinajstić information content (AvgIpc) is 3.40. The second kappa shape index (κ2) is 8.64. The number of nitrogens with one attached hydrogen (secondary N) is 1. The van der Waals surface area contributed by atoms with Crippen LogP contribution in [0.3, 0.4) is 0 Å². The number of pyridine rings is 1. The molecule has 1 fully saturated rings. The van der Waals surface area contributed by atoms with Crippen molar-refractivity contribution in [1.29, 1.82) is 0 Å². The van der Waals surface area contributed by atoms with Crippen molar-refractivity contribution >= 4 is 21.6 Å². The predicted octanol–water partition coefficient (Wildman–Crippen LogP) is 1.46. The Morgan fingerprint density at radius 1 is 1.26 bits per heavy atom. The van der Waals surface area contributed by atoms with Crippen LogP contribution in [0.4, 0.5) is 0 Å². The highest BCUT2D eigenvalue weighted by Gasteiger charge is 2.32. The van der Waals surface area contributed by atoms with Gasteiger partial charge in [-0.25, -0.2) is 12.7 Å². The standard InChI is InChI=1S/C21H25N5O4S/c1-30-18-5-3-4-15(12-18)8-10-22-21(27)17-6-7-19-23-24-20(26(19)14-17)16-9-11-25(13-16)31(2,28)29/h3-7,12,14,16H,8-11,13H2,1-2H3,(H,22,27). The van der Waals surface area contributed by atoms with Gasteiger partial charge in [-0.3, -0.25) is 9.20 Å². The highest BCUT2D eigenvalue weighted by atomic mass is 32.2. The third kappa shape index (κ3) is 4.70. The number of hydrogen-bond acceptors (Lipinski definition) is 6. The number of nitrogens with zero attached hydrogens (tertiary/aromatic N) is 4. The van der Waals surface area contributed by atoms with Gasteiger partial charge in [0.05, 0.1) is 18.9 Å². The first-order chi connectivity index (χ1) is 14.8. The smallest absolute Gasteiger partial charge is 0.252 e. The molecule has 1 atom stereocenters. The summed E-state index contributed by atoms with van der Waals surface area (Å²) in [5, 5.41) is 11.4. The van der Waals surface area contributed by atoms with E-state index in [4.69, 9.17) is 4.74 Å². The first-order valence-corrected chi connectivity index (χ1v) is 11.9. The quantitative estimate of drug-likeness (QED) is 0.593. The number of benzene rings is 1. The molecule has 1 aliphatic heterocycles. The fourth-order valence-electron chi connectivity index (χ4n) is 3.81. The summed E-state index contributed by atoms with van der Waals surface area (Å²) >= 11 is 0. The van der Waals surface area contributed by atoms with Crippen LogP contribution in [-0.2, 0) is 16.4 Å². The zero-order valence-corrected chi connectivity index (χ0v) is 18.3. The number of fused-ring (bicyclic) bond motifs is 1. The van der Waals surface area contributed by atoms with Gasteiger partial charge in [-0.2, -0.15) is 0 Å². The molecule has 1 aliphatic rings. The highest BCUT2D eigenvalue weighted by molar-refractivity contribution is 7.88. The van der Waals surface area contributed by atoms with Crippen LogP contribution in [0.25, 0.3) is 5.65 Å². The van der Waals surface area contributed by atoms with E-state index >= 15 is 0 Å². The van der Waals surface area contributed by atoms with Gasteiger partial charge in [-0.05, 0) is 42.7 Å². The maximum absolute atomic E-state index is 12.7. The normalized spacial score (nSPS) is 17.2. The van der Waals surface area contributed by atoms with Crippen molar-refractivity contribution in [2.45, 2.75) is 18.8 Å². The average molecular weight is 444 g/mol. The van der Waals surface area contributed by atoms with Crippen molar-refractivity contribution in [3.63, 3.8) is 0 Å². The Morgan fingerprint density at radius 2 is 2.10 bits per heavy atom. The van der Waals surface area contributed by atoms with Crippen LogP contribution in [0.5, 0.6) is 5.75 Å². The summed E-state index contributed by atoms with van der Waals surface area (Å²) < 4.78 is 32.1. The molecule has 0 radical (unpaired) electrons. The third-order valence-corrected chi connectivity index (χ3v) is 6.78. The maximum Gasteiger partial charge on any atom is 0.252 e. The molecule has 1 aromatic carbocycles. The zero-order chi connectivity index (χ0) is 22.0. The molecule has 0 bridgehead atoms. The van der Waals surface area contributed by atoms with Gasteiger partial charge in [-0.15, -0.1) is 10.2 Å². The third-order valence-electron chi connectivity index (χ3n) is 5.51. The van der Waals surface area contributed by atoms with Gasteiger partial charge in [0.2, 0.25) is 10.0 Å². The summed E-state index contributed by atoms with van der Waals surface area (Å²) in [5.74, 6) is 1.22. The number of carbonyl (C=O) groups excluding carboxylic acids is 1. The molecule has 2 aromatic heterocycles. The van der Waals surface area contributed by atoms with Gasteiger partial charge in [-0.1, -0.05) is 12.1 Å². The first-order valence-electron chi connectivity index (χ1n) is 10.1. The van der Waals surface area contributed by atoms with Gasteiger partial charge < -0.3 is 10.1 Å². The molecule has 4 rings (SSSR count). The molecular weight excluding hydrogens is 418 g/mol. The number of carbonyl (C=O) groups is 1. The summed E-state index contributed by atoms with van der Waals surface area (Å²) in [4.78, 5) is 12.7. The lowest BCUT2D eigenvalue weighted by atomic mass is 10.1. The van der Waals surface area contributed by atoms with Crippen molar-refractivity contribution in [2.24, 2.45) is 0 Å². The molecule has 1 amide bonds. The van der Waals surface area contributed by atoms with Gasteiger partial charge in [0.25, 0.3) is 5.91 Å². The summed E-state index contributed by atoms with van der Waals surface area (Å²) in [6.07, 6.45) is 4.29. The molecule has 0 saturated carbocycles. The van der Waals surface area contributed by atoms with E-state index in [0.717, 1.165) is 11.3 Å². The van der Waals surface area contributed by atoms with E-state index in [-0.39, 0.29) is 11.8 Å². The zero-order valence-electron chi connectivity index (χ0n) is 17.5. The van der Waals surface area contributed by atoms with Crippen LogP contribution >= 0.6 is 0 Å². The second-order valence-electron chi connectivity index (χ2n) is 7.67. The topological polar surface area (TPSA) is 106 Å². The monoisotopic (exact) mass is 443 g/mol. The lowest BCUT2D eigenvalue weighted by molar-refractivity contribution is 0.0953. The summed E-state index contributed by atoms with van der Waals surface area (Å²) in [6.45, 7) is 1.32. The van der Waals surface area contributed by atoms with Gasteiger partial charge >= 0.3 is 0 Å². The Labute approximate surface area is 181 Å². The van der Waals surface area contributed by atoms with Crippen LogP contribution in [0, 0.1) is 0 Å². The fraction of sp³-hybridized carbons (Fsp3) is 0.381. The van der Waals surface area contributed by atoms with E-state index < -0.39 is 10.0 Å². The lowest BCUT2D eigenvalue weighted by Gasteiger charge is -2.12. The number of rotatable bonds is 7. The summed E-state index contributed by atoms with van der Waals surface area (Å²) in [6, 6.07) is 11.2. The summed E-state index contributed by atoms with van der Waals surface area (Å²) in [7, 11) is -1.61. The van der Waals surface area contributed by atoms with Crippen LogP contribution in [0.1, 0.15) is 34.1 Å². The first kappa shape index (κ1) is 21.3. The van der Waals surface area contributed by atoms with Gasteiger partial charge in [0, 0.05) is 31.7 Å². The Hall–Kier alpha value is -2.98. The Kier molecular flexibility index (Phi) is 5.92. The van der Waals surface area contributed by atoms with E-state index in [9.17, 15) is 13.2 Å². The van der Waals surface area contributed by atoms with Crippen LogP contribution < -0.4 is 10.1 Å². The van der Waals surface area contributed by atoms with E-state index in [2.05, 4.69) is 15.5 Å². The van der Waals surface area contributed by atoms with E-state index in [1.807, 2.05) is 24.3 Å². The molecule has 1 unspecified atom stereocenters. The Bertz CT molecular complexity index is 1210. The number of methoxy groups -OCH3 is 1. The molecule has 1 N–H and O–H groups in total. The molecule has 3 heterocycles. The van der Waals surface area contributed by atoms with Crippen LogP contribution in [-0.4, -0.2) is 66.2 Å². The molecule has 31 heavy (non-hydrogen) atoms. The molecule has 3 aromatic rings.